The van der Waals surface area contributed by atoms with E-state index in [1.54, 1.807) is 0 Å². The highest BCUT2D eigenvalue weighted by Crippen LogP contribution is 2.55. The summed E-state index contributed by atoms with van der Waals surface area (Å²) in [6.07, 6.45) is 3.69. The first-order valence-corrected chi connectivity index (χ1v) is 3.98. The zero-order valence-electron chi connectivity index (χ0n) is 6.06. The molecule has 2 atom stereocenters. The summed E-state index contributed by atoms with van der Waals surface area (Å²) in [7, 11) is 0. The Balaban J connectivity index is 1.99. The standard InChI is InChI=1S/C8H12N2/c9-5-7-4-8(7)2-1-3-10-6-8/h7,10H,1-4,6H2. The second-order valence-corrected chi connectivity index (χ2v) is 3.53. The van der Waals surface area contributed by atoms with E-state index in [9.17, 15) is 0 Å². The monoisotopic (exact) mass is 136 g/mol. The molecule has 2 aliphatic rings. The Labute approximate surface area is 61.2 Å². The van der Waals surface area contributed by atoms with E-state index in [0.717, 1.165) is 19.5 Å². The minimum Gasteiger partial charge on any atom is -0.316 e. The van der Waals surface area contributed by atoms with Crippen molar-refractivity contribution in [2.45, 2.75) is 19.3 Å². The predicted octanol–water partition coefficient (Wildman–Crippen LogP) is 0.900. The molecular weight excluding hydrogens is 124 g/mol. The number of rotatable bonds is 0. The SMILES string of the molecule is N#CC1CC12CCCNC2. The van der Waals surface area contributed by atoms with E-state index in [0.29, 0.717) is 11.3 Å². The Bertz CT molecular complexity index is 174. The molecule has 10 heavy (non-hydrogen) atoms. The van der Waals surface area contributed by atoms with Crippen LogP contribution in [0.1, 0.15) is 19.3 Å². The summed E-state index contributed by atoms with van der Waals surface area (Å²) in [4.78, 5) is 0. The van der Waals surface area contributed by atoms with Crippen LogP contribution in [0, 0.1) is 22.7 Å². The first kappa shape index (κ1) is 6.18. The molecule has 0 aromatic rings. The minimum atomic E-state index is 0.375. The van der Waals surface area contributed by atoms with Crippen LogP contribution >= 0.6 is 0 Å². The average Bonchev–Trinajstić information content (AvgIpc) is 2.65. The maximum atomic E-state index is 8.65. The van der Waals surface area contributed by atoms with Crippen molar-refractivity contribution in [1.29, 1.82) is 5.26 Å². The van der Waals surface area contributed by atoms with Crippen molar-refractivity contribution in [3.8, 4) is 6.07 Å². The van der Waals surface area contributed by atoms with Gasteiger partial charge in [0, 0.05) is 6.54 Å². The van der Waals surface area contributed by atoms with Crippen molar-refractivity contribution < 1.29 is 0 Å². The zero-order chi connectivity index (χ0) is 7.03. The highest BCUT2D eigenvalue weighted by molar-refractivity contribution is 5.14. The van der Waals surface area contributed by atoms with E-state index in [-0.39, 0.29) is 0 Å². The van der Waals surface area contributed by atoms with Gasteiger partial charge in [-0.3, -0.25) is 0 Å². The van der Waals surface area contributed by atoms with E-state index in [4.69, 9.17) is 5.26 Å². The maximum absolute atomic E-state index is 8.65. The number of hydrogen-bond acceptors (Lipinski definition) is 2. The van der Waals surface area contributed by atoms with Gasteiger partial charge in [0.05, 0.1) is 12.0 Å². The number of nitriles is 1. The highest BCUT2D eigenvalue weighted by atomic mass is 14.9. The molecule has 1 aliphatic heterocycles. The van der Waals surface area contributed by atoms with Crippen LogP contribution in [-0.4, -0.2) is 13.1 Å². The van der Waals surface area contributed by atoms with Crippen LogP contribution < -0.4 is 5.32 Å². The maximum Gasteiger partial charge on any atom is 0.0662 e. The lowest BCUT2D eigenvalue weighted by molar-refractivity contribution is 0.343. The molecule has 1 heterocycles. The van der Waals surface area contributed by atoms with E-state index in [1.807, 2.05) is 0 Å². The first-order chi connectivity index (χ1) is 4.87. The molecule has 1 spiro atoms. The van der Waals surface area contributed by atoms with Crippen molar-refractivity contribution in [2.24, 2.45) is 11.3 Å². The molecule has 1 saturated heterocycles. The molecule has 1 N–H and O–H groups in total. The molecule has 0 amide bonds. The van der Waals surface area contributed by atoms with Crippen LogP contribution in [0.3, 0.4) is 0 Å². The Hall–Kier alpha value is -0.550. The Morgan fingerprint density at radius 3 is 3.00 bits per heavy atom. The van der Waals surface area contributed by atoms with Crippen LogP contribution in [0.2, 0.25) is 0 Å². The molecule has 2 unspecified atom stereocenters. The van der Waals surface area contributed by atoms with Crippen LogP contribution in [0.4, 0.5) is 0 Å². The molecule has 2 fully saturated rings. The molecule has 2 nitrogen and oxygen atoms in total. The van der Waals surface area contributed by atoms with E-state index in [2.05, 4.69) is 11.4 Å². The molecule has 0 aromatic carbocycles. The topological polar surface area (TPSA) is 35.8 Å². The number of nitrogens with zero attached hydrogens (tertiary/aromatic N) is 1. The summed E-state index contributed by atoms with van der Waals surface area (Å²) in [5, 5.41) is 12.0. The molecule has 0 aromatic heterocycles. The van der Waals surface area contributed by atoms with E-state index >= 15 is 0 Å². The first-order valence-electron chi connectivity index (χ1n) is 3.98. The van der Waals surface area contributed by atoms with Crippen molar-refractivity contribution in [3.05, 3.63) is 0 Å². The molecule has 0 radical (unpaired) electrons. The number of nitrogens with one attached hydrogen (secondary N) is 1. The second kappa shape index (κ2) is 1.96. The minimum absolute atomic E-state index is 0.375. The van der Waals surface area contributed by atoms with Crippen molar-refractivity contribution in [1.82, 2.24) is 5.32 Å². The molecular formula is C8H12N2. The van der Waals surface area contributed by atoms with Gasteiger partial charge in [-0.25, -0.2) is 0 Å². The van der Waals surface area contributed by atoms with Crippen LogP contribution in [0.15, 0.2) is 0 Å². The van der Waals surface area contributed by atoms with Gasteiger partial charge in [-0.2, -0.15) is 5.26 Å². The summed E-state index contributed by atoms with van der Waals surface area (Å²) in [6.45, 7) is 2.24. The fourth-order valence-corrected chi connectivity index (χ4v) is 1.99. The molecule has 0 bridgehead atoms. The lowest BCUT2D eigenvalue weighted by Gasteiger charge is -2.21. The molecule has 1 aliphatic carbocycles. The van der Waals surface area contributed by atoms with Crippen LogP contribution in [0.5, 0.6) is 0 Å². The summed E-state index contributed by atoms with van der Waals surface area (Å²) < 4.78 is 0. The fourth-order valence-electron chi connectivity index (χ4n) is 1.99. The summed E-state index contributed by atoms with van der Waals surface area (Å²) in [6, 6.07) is 2.36. The van der Waals surface area contributed by atoms with Crippen molar-refractivity contribution in [3.63, 3.8) is 0 Å². The van der Waals surface area contributed by atoms with Crippen LogP contribution in [0.25, 0.3) is 0 Å². The van der Waals surface area contributed by atoms with Gasteiger partial charge >= 0.3 is 0 Å². The summed E-state index contributed by atoms with van der Waals surface area (Å²) >= 11 is 0. The molecule has 2 rings (SSSR count). The van der Waals surface area contributed by atoms with Gasteiger partial charge < -0.3 is 5.32 Å². The summed E-state index contributed by atoms with van der Waals surface area (Å²) in [5.41, 5.74) is 0.424. The smallest absolute Gasteiger partial charge is 0.0662 e. The molecule has 1 saturated carbocycles. The van der Waals surface area contributed by atoms with Gasteiger partial charge in [-0.15, -0.1) is 0 Å². The fraction of sp³-hybridized carbons (Fsp3) is 0.875. The van der Waals surface area contributed by atoms with Crippen LogP contribution in [-0.2, 0) is 0 Å². The van der Waals surface area contributed by atoms with E-state index < -0.39 is 0 Å². The third-order valence-corrected chi connectivity index (χ3v) is 2.85. The van der Waals surface area contributed by atoms with Crippen molar-refractivity contribution >= 4 is 0 Å². The number of hydrogen-bond donors (Lipinski definition) is 1. The Kier molecular flexibility index (Phi) is 1.21. The second-order valence-electron chi connectivity index (χ2n) is 3.53. The van der Waals surface area contributed by atoms with E-state index in [1.165, 1.54) is 12.8 Å². The van der Waals surface area contributed by atoms with Gasteiger partial charge in [0.2, 0.25) is 0 Å². The molecule has 2 heteroatoms. The lowest BCUT2D eigenvalue weighted by atomic mass is 9.94. The van der Waals surface area contributed by atoms with Gasteiger partial charge in [0.25, 0.3) is 0 Å². The summed E-state index contributed by atoms with van der Waals surface area (Å²) in [5.74, 6) is 0.375. The van der Waals surface area contributed by atoms with Gasteiger partial charge in [0.1, 0.15) is 0 Å². The van der Waals surface area contributed by atoms with Gasteiger partial charge in [0.15, 0.2) is 0 Å². The Morgan fingerprint density at radius 2 is 2.50 bits per heavy atom. The van der Waals surface area contributed by atoms with Gasteiger partial charge in [-0.1, -0.05) is 0 Å². The van der Waals surface area contributed by atoms with Crippen molar-refractivity contribution in [2.75, 3.05) is 13.1 Å². The lowest BCUT2D eigenvalue weighted by Crippen LogP contribution is -2.32. The molecule has 54 valence electrons. The normalized spacial score (nSPS) is 44.9. The zero-order valence-corrected chi connectivity index (χ0v) is 6.06. The largest absolute Gasteiger partial charge is 0.316 e. The number of piperidine rings is 1. The average molecular weight is 136 g/mol. The highest BCUT2D eigenvalue weighted by Gasteiger charge is 2.54. The third-order valence-electron chi connectivity index (χ3n) is 2.85. The predicted molar refractivity (Wildman–Crippen MR) is 38.3 cm³/mol. The third kappa shape index (κ3) is 0.741. The Morgan fingerprint density at radius 1 is 1.60 bits per heavy atom. The van der Waals surface area contributed by atoms with Gasteiger partial charge in [-0.05, 0) is 31.2 Å². The quantitative estimate of drug-likeness (QED) is 0.537.